The second kappa shape index (κ2) is 28.6. The van der Waals surface area contributed by atoms with Crippen molar-refractivity contribution < 1.29 is 19.4 Å². The van der Waals surface area contributed by atoms with Gasteiger partial charge >= 0.3 is 11.9 Å². The Balaban J connectivity index is 0. The van der Waals surface area contributed by atoms with Crippen molar-refractivity contribution in [1.82, 2.24) is 0 Å². The first-order valence-electron chi connectivity index (χ1n) is 13.2. The molecule has 1 atom stereocenters. The maximum absolute atomic E-state index is 11.7. The molecule has 0 aromatic rings. The van der Waals surface area contributed by atoms with Crippen LogP contribution in [0.1, 0.15) is 116 Å². The number of unbranched alkanes of at least 4 members (excludes halogenated alkanes) is 13. The van der Waals surface area contributed by atoms with E-state index in [1.807, 2.05) is 0 Å². The Morgan fingerprint density at radius 1 is 0.788 bits per heavy atom. The lowest BCUT2D eigenvalue weighted by molar-refractivity contribution is -0.145. The Kier molecular flexibility index (Phi) is 29.2. The van der Waals surface area contributed by atoms with Crippen molar-refractivity contribution in [2.24, 2.45) is 17.2 Å². The summed E-state index contributed by atoms with van der Waals surface area (Å²) in [7, 11) is 0. The van der Waals surface area contributed by atoms with Crippen LogP contribution in [-0.2, 0) is 14.3 Å². The maximum Gasteiger partial charge on any atom is 0.322 e. The van der Waals surface area contributed by atoms with Gasteiger partial charge in [-0.3, -0.25) is 9.59 Å². The maximum atomic E-state index is 11.7. The van der Waals surface area contributed by atoms with Crippen LogP contribution in [0.4, 0.5) is 0 Å². The minimum absolute atomic E-state index is 0.259. The van der Waals surface area contributed by atoms with Crippen LogP contribution >= 0.6 is 0 Å². The molecule has 0 aromatic heterocycles. The Morgan fingerprint density at radius 2 is 1.27 bits per heavy atom. The average Bonchev–Trinajstić information content (AvgIpc) is 2.81. The topological polar surface area (TPSA) is 142 Å². The third-order valence-electron chi connectivity index (χ3n) is 5.35. The van der Waals surface area contributed by atoms with Gasteiger partial charge in [0.15, 0.2) is 0 Å². The zero-order chi connectivity index (χ0) is 25.0. The van der Waals surface area contributed by atoms with Crippen molar-refractivity contribution in [3.05, 3.63) is 12.2 Å². The van der Waals surface area contributed by atoms with Crippen molar-refractivity contribution in [2.45, 2.75) is 122 Å². The van der Waals surface area contributed by atoms with E-state index in [0.717, 1.165) is 25.7 Å². The highest BCUT2D eigenvalue weighted by Gasteiger charge is 2.13. The van der Waals surface area contributed by atoms with Gasteiger partial charge < -0.3 is 27.0 Å². The zero-order valence-corrected chi connectivity index (χ0v) is 21.3. The largest absolute Gasteiger partial charge is 0.480 e. The second-order valence-corrected chi connectivity index (χ2v) is 8.59. The van der Waals surface area contributed by atoms with E-state index in [2.05, 4.69) is 24.8 Å². The predicted octanol–water partition coefficient (Wildman–Crippen LogP) is 5.05. The van der Waals surface area contributed by atoms with E-state index in [1.165, 1.54) is 77.0 Å². The molecular formula is C26H53N3O4. The van der Waals surface area contributed by atoms with Gasteiger partial charge in [0.05, 0.1) is 13.2 Å². The SMILES string of the molecule is CCCCCCCC/C=C\CCCCCCCCOC(=O)[C@@H](N)CCCCN.NCC(=O)O. The summed E-state index contributed by atoms with van der Waals surface area (Å²) < 4.78 is 5.25. The van der Waals surface area contributed by atoms with Gasteiger partial charge in [0, 0.05) is 0 Å². The molecule has 0 amide bonds. The van der Waals surface area contributed by atoms with Crippen molar-refractivity contribution in [1.29, 1.82) is 0 Å². The molecular weight excluding hydrogens is 418 g/mol. The number of hydrogen-bond acceptors (Lipinski definition) is 6. The number of ether oxygens (including phenoxy) is 1. The number of allylic oxidation sites excluding steroid dienone is 2. The summed E-state index contributed by atoms with van der Waals surface area (Å²) in [6, 6.07) is -0.485. The van der Waals surface area contributed by atoms with Gasteiger partial charge in [-0.05, 0) is 51.5 Å². The molecule has 0 rings (SSSR count). The highest BCUT2D eigenvalue weighted by Crippen LogP contribution is 2.10. The number of carboxylic acid groups (broad SMARTS) is 1. The molecule has 0 fully saturated rings. The van der Waals surface area contributed by atoms with Gasteiger partial charge in [-0.15, -0.1) is 0 Å². The lowest BCUT2D eigenvalue weighted by Gasteiger charge is -2.11. The molecule has 7 heteroatoms. The average molecular weight is 472 g/mol. The normalized spacial score (nSPS) is 11.8. The number of carbonyl (C=O) groups excluding carboxylic acids is 1. The van der Waals surface area contributed by atoms with Crippen molar-refractivity contribution in [3.8, 4) is 0 Å². The molecule has 0 aromatic carbocycles. The number of aliphatic carboxylic acids is 1. The summed E-state index contributed by atoms with van der Waals surface area (Å²) in [5, 5.41) is 7.60. The molecule has 0 radical (unpaired) electrons. The number of rotatable bonds is 22. The van der Waals surface area contributed by atoms with E-state index in [9.17, 15) is 9.59 Å². The van der Waals surface area contributed by atoms with Gasteiger partial charge in [0.25, 0.3) is 0 Å². The van der Waals surface area contributed by atoms with Gasteiger partial charge in [0.1, 0.15) is 6.04 Å². The van der Waals surface area contributed by atoms with Crippen LogP contribution in [0.2, 0.25) is 0 Å². The predicted molar refractivity (Wildman–Crippen MR) is 138 cm³/mol. The molecule has 7 N–H and O–H groups in total. The Morgan fingerprint density at radius 3 is 1.76 bits per heavy atom. The molecule has 0 aliphatic carbocycles. The molecule has 0 unspecified atom stereocenters. The highest BCUT2D eigenvalue weighted by molar-refractivity contribution is 5.75. The number of nitrogens with two attached hydrogens (primary N) is 3. The minimum Gasteiger partial charge on any atom is -0.480 e. The van der Waals surface area contributed by atoms with E-state index < -0.39 is 12.0 Å². The third-order valence-corrected chi connectivity index (χ3v) is 5.35. The zero-order valence-electron chi connectivity index (χ0n) is 21.3. The molecule has 33 heavy (non-hydrogen) atoms. The lowest BCUT2D eigenvalue weighted by Crippen LogP contribution is -2.32. The Hall–Kier alpha value is -1.44. The van der Waals surface area contributed by atoms with Crippen LogP contribution in [-0.4, -0.2) is 42.8 Å². The molecule has 0 spiro atoms. The summed E-state index contributed by atoms with van der Waals surface area (Å²) >= 11 is 0. The van der Waals surface area contributed by atoms with Crippen LogP contribution in [0.15, 0.2) is 12.2 Å². The van der Waals surface area contributed by atoms with Crippen molar-refractivity contribution in [2.75, 3.05) is 19.7 Å². The second-order valence-electron chi connectivity index (χ2n) is 8.59. The molecule has 7 nitrogen and oxygen atoms in total. The number of hydrogen-bond donors (Lipinski definition) is 4. The monoisotopic (exact) mass is 471 g/mol. The van der Waals surface area contributed by atoms with Gasteiger partial charge in [-0.2, -0.15) is 0 Å². The highest BCUT2D eigenvalue weighted by atomic mass is 16.5. The van der Waals surface area contributed by atoms with Gasteiger partial charge in [-0.25, -0.2) is 0 Å². The summed E-state index contributed by atoms with van der Waals surface area (Å²) in [6.45, 7) is 3.14. The van der Waals surface area contributed by atoms with E-state index in [-0.39, 0.29) is 12.5 Å². The summed E-state index contributed by atoms with van der Waals surface area (Å²) in [5.74, 6) is -1.23. The van der Waals surface area contributed by atoms with Gasteiger partial charge in [0.2, 0.25) is 0 Å². The van der Waals surface area contributed by atoms with Crippen LogP contribution in [0.25, 0.3) is 0 Å². The fraction of sp³-hybridized carbons (Fsp3) is 0.846. The van der Waals surface area contributed by atoms with E-state index in [1.54, 1.807) is 0 Å². The van der Waals surface area contributed by atoms with E-state index in [0.29, 0.717) is 19.6 Å². The summed E-state index contributed by atoms with van der Waals surface area (Å²) in [5.41, 5.74) is 15.8. The van der Waals surface area contributed by atoms with Crippen LogP contribution in [0, 0.1) is 0 Å². The Bertz CT molecular complexity index is 459. The Labute approximate surface area is 202 Å². The van der Waals surface area contributed by atoms with Crippen LogP contribution in [0.3, 0.4) is 0 Å². The molecule has 196 valence electrons. The van der Waals surface area contributed by atoms with E-state index >= 15 is 0 Å². The quantitative estimate of drug-likeness (QED) is 0.0982. The molecule has 0 aliphatic heterocycles. The summed E-state index contributed by atoms with van der Waals surface area (Å²) in [6.07, 6.45) is 25.1. The summed E-state index contributed by atoms with van der Waals surface area (Å²) in [4.78, 5) is 21.0. The fourth-order valence-corrected chi connectivity index (χ4v) is 3.26. The van der Waals surface area contributed by atoms with Crippen molar-refractivity contribution >= 4 is 11.9 Å². The van der Waals surface area contributed by atoms with Crippen molar-refractivity contribution in [3.63, 3.8) is 0 Å². The lowest BCUT2D eigenvalue weighted by atomic mass is 10.1. The standard InChI is InChI=1S/C24H48N2O2.C2H5NO2/c1-2-3-4-5-6-7-8-9-10-11-12-13-14-15-16-19-22-28-24(27)23(26)20-17-18-21-25;3-1-2(4)5/h9-10,23H,2-8,11-22,25-26H2,1H3;1,3H2,(H,4,5)/b10-9-;/t23-;/m0./s1. The first-order chi connectivity index (χ1) is 16.0. The molecule has 0 aliphatic rings. The number of esters is 1. The minimum atomic E-state index is -0.968. The van der Waals surface area contributed by atoms with E-state index in [4.69, 9.17) is 21.3 Å². The molecule has 0 saturated carbocycles. The van der Waals surface area contributed by atoms with Crippen LogP contribution < -0.4 is 17.2 Å². The third kappa shape index (κ3) is 30.6. The first-order valence-corrected chi connectivity index (χ1v) is 13.2. The molecule has 0 heterocycles. The molecule has 0 bridgehead atoms. The smallest absolute Gasteiger partial charge is 0.322 e. The number of carboxylic acids is 1. The van der Waals surface area contributed by atoms with Gasteiger partial charge in [-0.1, -0.05) is 83.3 Å². The molecule has 0 saturated heterocycles. The fourth-order valence-electron chi connectivity index (χ4n) is 3.26. The first kappa shape index (κ1) is 33.7. The number of carbonyl (C=O) groups is 2. The van der Waals surface area contributed by atoms with Crippen LogP contribution in [0.5, 0.6) is 0 Å².